The molecule has 0 unspecified atom stereocenters. The van der Waals surface area contributed by atoms with Crippen molar-refractivity contribution in [2.75, 3.05) is 45.1 Å². The summed E-state index contributed by atoms with van der Waals surface area (Å²) >= 11 is 0. The fraction of sp³-hybridized carbons (Fsp3) is 0.333. The van der Waals surface area contributed by atoms with E-state index in [9.17, 15) is 19.2 Å². The van der Waals surface area contributed by atoms with Gasteiger partial charge >= 0.3 is 0 Å². The molecule has 0 aromatic heterocycles. The number of anilines is 1. The SMILES string of the molecule is CN1CCN(C(=O)c2ccccc2NC(=O)CCCN2C(=O)c3ccccc3C2=O)CC1. The van der Waals surface area contributed by atoms with E-state index in [0.717, 1.165) is 13.1 Å². The number of hydrogen-bond acceptors (Lipinski definition) is 5. The number of carbonyl (C=O) groups excluding carboxylic acids is 4. The van der Waals surface area contributed by atoms with Crippen LogP contribution in [0.1, 0.15) is 43.9 Å². The Hall–Kier alpha value is -3.52. The Morgan fingerprint density at radius 2 is 1.47 bits per heavy atom. The quantitative estimate of drug-likeness (QED) is 0.704. The zero-order valence-electron chi connectivity index (χ0n) is 18.0. The number of para-hydroxylation sites is 1. The van der Waals surface area contributed by atoms with Crippen LogP contribution in [-0.2, 0) is 4.79 Å². The summed E-state index contributed by atoms with van der Waals surface area (Å²) in [6.45, 7) is 3.10. The Kier molecular flexibility index (Phi) is 6.32. The fourth-order valence-corrected chi connectivity index (χ4v) is 4.01. The van der Waals surface area contributed by atoms with Gasteiger partial charge in [0.05, 0.1) is 22.4 Å². The third kappa shape index (κ3) is 4.40. The van der Waals surface area contributed by atoms with Crippen LogP contribution in [0.2, 0.25) is 0 Å². The van der Waals surface area contributed by atoms with Gasteiger partial charge in [0.15, 0.2) is 0 Å². The minimum absolute atomic E-state index is 0.0972. The second kappa shape index (κ2) is 9.32. The molecule has 1 saturated heterocycles. The number of benzene rings is 2. The third-order valence-electron chi connectivity index (χ3n) is 5.89. The van der Waals surface area contributed by atoms with E-state index in [1.54, 1.807) is 53.4 Å². The van der Waals surface area contributed by atoms with Crippen molar-refractivity contribution in [1.29, 1.82) is 0 Å². The van der Waals surface area contributed by atoms with Gasteiger partial charge in [-0.15, -0.1) is 0 Å². The topological polar surface area (TPSA) is 90.0 Å². The summed E-state index contributed by atoms with van der Waals surface area (Å²) in [6.07, 6.45) is 0.469. The van der Waals surface area contributed by atoms with Crippen LogP contribution in [0.3, 0.4) is 0 Å². The Morgan fingerprint density at radius 1 is 0.875 bits per heavy atom. The van der Waals surface area contributed by atoms with Crippen LogP contribution < -0.4 is 5.32 Å². The number of imide groups is 1. The minimum atomic E-state index is -0.325. The second-order valence-electron chi connectivity index (χ2n) is 8.10. The monoisotopic (exact) mass is 434 g/mol. The van der Waals surface area contributed by atoms with E-state index in [0.29, 0.717) is 41.9 Å². The van der Waals surface area contributed by atoms with Gasteiger partial charge in [-0.2, -0.15) is 0 Å². The summed E-state index contributed by atoms with van der Waals surface area (Å²) in [7, 11) is 2.03. The van der Waals surface area contributed by atoms with Crippen molar-refractivity contribution in [3.05, 3.63) is 65.2 Å². The predicted molar refractivity (Wildman–Crippen MR) is 120 cm³/mol. The number of likely N-dealkylation sites (N-methyl/N-ethyl adjacent to an activating group) is 1. The van der Waals surface area contributed by atoms with E-state index >= 15 is 0 Å². The van der Waals surface area contributed by atoms with Gasteiger partial charge in [-0.3, -0.25) is 24.1 Å². The van der Waals surface area contributed by atoms with Crippen molar-refractivity contribution >= 4 is 29.3 Å². The van der Waals surface area contributed by atoms with E-state index < -0.39 is 0 Å². The number of amides is 4. The molecule has 0 saturated carbocycles. The predicted octanol–water partition coefficient (Wildman–Crippen LogP) is 2.09. The van der Waals surface area contributed by atoms with Crippen LogP contribution in [-0.4, -0.2) is 78.1 Å². The largest absolute Gasteiger partial charge is 0.336 e. The highest BCUT2D eigenvalue weighted by Gasteiger charge is 2.34. The lowest BCUT2D eigenvalue weighted by Crippen LogP contribution is -2.47. The molecule has 0 atom stereocenters. The van der Waals surface area contributed by atoms with Gasteiger partial charge in [-0.05, 0) is 37.7 Å². The molecule has 166 valence electrons. The maximum absolute atomic E-state index is 13.0. The van der Waals surface area contributed by atoms with E-state index in [1.807, 2.05) is 7.05 Å². The highest BCUT2D eigenvalue weighted by atomic mass is 16.2. The number of nitrogens with zero attached hydrogens (tertiary/aromatic N) is 3. The van der Waals surface area contributed by atoms with Crippen LogP contribution in [0.4, 0.5) is 5.69 Å². The Balaban J connectivity index is 1.33. The molecule has 32 heavy (non-hydrogen) atoms. The molecule has 2 aromatic carbocycles. The van der Waals surface area contributed by atoms with Gasteiger partial charge in [0.1, 0.15) is 0 Å². The maximum Gasteiger partial charge on any atom is 0.261 e. The Morgan fingerprint density at radius 3 is 2.12 bits per heavy atom. The zero-order valence-corrected chi connectivity index (χ0v) is 18.0. The molecule has 2 aliphatic heterocycles. The minimum Gasteiger partial charge on any atom is -0.336 e. The lowest BCUT2D eigenvalue weighted by atomic mass is 10.1. The number of carbonyl (C=O) groups is 4. The van der Waals surface area contributed by atoms with Gasteiger partial charge in [0, 0.05) is 39.1 Å². The zero-order chi connectivity index (χ0) is 22.7. The molecule has 8 nitrogen and oxygen atoms in total. The van der Waals surface area contributed by atoms with E-state index in [1.165, 1.54) is 4.90 Å². The molecule has 8 heteroatoms. The third-order valence-corrected chi connectivity index (χ3v) is 5.89. The summed E-state index contributed by atoms with van der Waals surface area (Å²) in [5.74, 6) is -1.01. The van der Waals surface area contributed by atoms with Gasteiger partial charge in [0.25, 0.3) is 17.7 Å². The Labute approximate surface area is 186 Å². The van der Waals surface area contributed by atoms with Crippen molar-refractivity contribution in [3.8, 4) is 0 Å². The van der Waals surface area contributed by atoms with Gasteiger partial charge in [-0.1, -0.05) is 24.3 Å². The highest BCUT2D eigenvalue weighted by molar-refractivity contribution is 6.21. The molecule has 0 spiro atoms. The molecule has 2 aliphatic rings. The normalized spacial score (nSPS) is 16.3. The standard InChI is InChI=1S/C24H26N4O4/c1-26-13-15-27(16-14-26)22(30)19-9-4-5-10-20(19)25-21(29)11-6-12-28-23(31)17-7-2-3-8-18(17)24(28)32/h2-5,7-10H,6,11-16H2,1H3,(H,25,29). The van der Waals surface area contributed by atoms with Crippen molar-refractivity contribution in [2.45, 2.75) is 12.8 Å². The van der Waals surface area contributed by atoms with Crippen molar-refractivity contribution in [1.82, 2.24) is 14.7 Å². The average Bonchev–Trinajstić information content (AvgIpc) is 3.04. The van der Waals surface area contributed by atoms with Crippen LogP contribution >= 0.6 is 0 Å². The molecular weight excluding hydrogens is 408 g/mol. The number of fused-ring (bicyclic) bond motifs is 1. The van der Waals surface area contributed by atoms with Crippen LogP contribution in [0.25, 0.3) is 0 Å². The number of hydrogen-bond donors (Lipinski definition) is 1. The molecule has 2 aromatic rings. The summed E-state index contributed by atoms with van der Waals surface area (Å²) in [5.41, 5.74) is 1.74. The molecular formula is C24H26N4O4. The number of nitrogens with one attached hydrogen (secondary N) is 1. The summed E-state index contributed by atoms with van der Waals surface area (Å²) < 4.78 is 0. The van der Waals surface area contributed by atoms with Gasteiger partial charge in [-0.25, -0.2) is 0 Å². The lowest BCUT2D eigenvalue weighted by Gasteiger charge is -2.32. The number of rotatable bonds is 6. The van der Waals surface area contributed by atoms with E-state index in [2.05, 4.69) is 10.2 Å². The molecule has 0 radical (unpaired) electrons. The molecule has 1 N–H and O–H groups in total. The van der Waals surface area contributed by atoms with E-state index in [4.69, 9.17) is 0 Å². The molecule has 2 heterocycles. The number of piperazine rings is 1. The van der Waals surface area contributed by atoms with E-state index in [-0.39, 0.29) is 36.6 Å². The first-order valence-electron chi connectivity index (χ1n) is 10.8. The van der Waals surface area contributed by atoms with Crippen molar-refractivity contribution in [3.63, 3.8) is 0 Å². The molecule has 0 bridgehead atoms. The summed E-state index contributed by atoms with van der Waals surface area (Å²) in [5, 5.41) is 2.82. The fourth-order valence-electron chi connectivity index (χ4n) is 4.01. The first kappa shape index (κ1) is 21.7. The Bertz CT molecular complexity index is 1020. The first-order valence-corrected chi connectivity index (χ1v) is 10.8. The molecule has 4 amide bonds. The second-order valence-corrected chi connectivity index (χ2v) is 8.10. The van der Waals surface area contributed by atoms with Crippen LogP contribution in [0.15, 0.2) is 48.5 Å². The van der Waals surface area contributed by atoms with Crippen molar-refractivity contribution < 1.29 is 19.2 Å². The van der Waals surface area contributed by atoms with Gasteiger partial charge < -0.3 is 15.1 Å². The van der Waals surface area contributed by atoms with Crippen molar-refractivity contribution in [2.24, 2.45) is 0 Å². The van der Waals surface area contributed by atoms with Gasteiger partial charge in [0.2, 0.25) is 5.91 Å². The summed E-state index contributed by atoms with van der Waals surface area (Å²) in [4.78, 5) is 55.5. The maximum atomic E-state index is 13.0. The molecule has 0 aliphatic carbocycles. The molecule has 4 rings (SSSR count). The highest BCUT2D eigenvalue weighted by Crippen LogP contribution is 2.23. The smallest absolute Gasteiger partial charge is 0.261 e. The average molecular weight is 434 g/mol. The summed E-state index contributed by atoms with van der Waals surface area (Å²) in [6, 6.07) is 13.7. The first-order chi connectivity index (χ1) is 15.5. The van der Waals surface area contributed by atoms with Crippen LogP contribution in [0, 0.1) is 0 Å². The molecule has 1 fully saturated rings. The lowest BCUT2D eigenvalue weighted by molar-refractivity contribution is -0.116. The van der Waals surface area contributed by atoms with Crippen LogP contribution in [0.5, 0.6) is 0 Å².